The third kappa shape index (κ3) is 3.80. The molecule has 1 heterocycles. The number of carboxylic acid groups (broad SMARTS) is 1. The highest BCUT2D eigenvalue weighted by Crippen LogP contribution is 2.22. The van der Waals surface area contributed by atoms with Crippen LogP contribution < -0.4 is 10.6 Å². The zero-order valence-corrected chi connectivity index (χ0v) is 11.6. The zero-order chi connectivity index (χ0) is 14.5. The van der Waals surface area contributed by atoms with Gasteiger partial charge in [-0.1, -0.05) is 0 Å². The normalized spacial score (nSPS) is 15.6. The first kappa shape index (κ1) is 14.5. The molecule has 2 amide bonds. The van der Waals surface area contributed by atoms with Crippen molar-refractivity contribution in [1.82, 2.24) is 5.32 Å². The standard InChI is InChI=1S/C13H16N2O4S/c16-9-1-2-11(10(7-9)12(17)18)15-13(19)14-8-3-5-20-6-4-8/h1-2,7-8,16H,3-6H2,(H,17,18)(H2,14,15,19). The molecule has 1 aliphatic heterocycles. The van der Waals surface area contributed by atoms with E-state index < -0.39 is 12.0 Å². The Morgan fingerprint density at radius 3 is 2.60 bits per heavy atom. The Bertz CT molecular complexity index is 515. The molecule has 0 saturated carbocycles. The van der Waals surface area contributed by atoms with E-state index in [0.29, 0.717) is 0 Å². The maximum absolute atomic E-state index is 11.9. The number of benzene rings is 1. The number of aromatic hydroxyl groups is 1. The van der Waals surface area contributed by atoms with Gasteiger partial charge in [0, 0.05) is 6.04 Å². The number of hydrogen-bond donors (Lipinski definition) is 4. The number of thioether (sulfide) groups is 1. The number of phenols is 1. The number of carbonyl (C=O) groups is 2. The first-order chi connectivity index (χ1) is 9.56. The fourth-order valence-corrected chi connectivity index (χ4v) is 3.11. The van der Waals surface area contributed by atoms with Gasteiger partial charge in [-0.15, -0.1) is 0 Å². The van der Waals surface area contributed by atoms with E-state index >= 15 is 0 Å². The van der Waals surface area contributed by atoms with E-state index in [2.05, 4.69) is 10.6 Å². The molecule has 2 rings (SSSR count). The lowest BCUT2D eigenvalue weighted by Crippen LogP contribution is -2.40. The number of rotatable bonds is 3. The van der Waals surface area contributed by atoms with Crippen molar-refractivity contribution in [2.24, 2.45) is 0 Å². The average Bonchev–Trinajstić information content (AvgIpc) is 2.41. The van der Waals surface area contributed by atoms with Crippen LogP contribution >= 0.6 is 11.8 Å². The smallest absolute Gasteiger partial charge is 0.337 e. The van der Waals surface area contributed by atoms with Crippen LogP contribution in [-0.2, 0) is 0 Å². The molecule has 0 atom stereocenters. The molecular formula is C13H16N2O4S. The van der Waals surface area contributed by atoms with Gasteiger partial charge in [0.15, 0.2) is 0 Å². The van der Waals surface area contributed by atoms with Gasteiger partial charge < -0.3 is 20.8 Å². The Morgan fingerprint density at radius 1 is 1.25 bits per heavy atom. The van der Waals surface area contributed by atoms with Gasteiger partial charge in [-0.2, -0.15) is 11.8 Å². The fourth-order valence-electron chi connectivity index (χ4n) is 2.00. The molecule has 4 N–H and O–H groups in total. The van der Waals surface area contributed by atoms with Crippen LogP contribution in [0.25, 0.3) is 0 Å². The summed E-state index contributed by atoms with van der Waals surface area (Å²) in [6.07, 6.45) is 1.83. The quantitative estimate of drug-likeness (QED) is 0.640. The molecule has 1 fully saturated rings. The Balaban J connectivity index is 2.01. The van der Waals surface area contributed by atoms with Crippen molar-refractivity contribution in [3.63, 3.8) is 0 Å². The van der Waals surface area contributed by atoms with E-state index in [4.69, 9.17) is 5.11 Å². The SMILES string of the molecule is O=C(Nc1ccc(O)cc1C(=O)O)NC1CCSCC1. The van der Waals surface area contributed by atoms with Crippen molar-refractivity contribution in [1.29, 1.82) is 0 Å². The summed E-state index contributed by atoms with van der Waals surface area (Å²) in [6, 6.07) is 3.51. The van der Waals surface area contributed by atoms with Crippen LogP contribution in [0, 0.1) is 0 Å². The average molecular weight is 296 g/mol. The Kier molecular flexibility index (Phi) is 4.73. The molecule has 1 saturated heterocycles. The van der Waals surface area contributed by atoms with Gasteiger partial charge in [-0.3, -0.25) is 0 Å². The maximum atomic E-state index is 11.9. The lowest BCUT2D eigenvalue weighted by atomic mass is 10.1. The van der Waals surface area contributed by atoms with Crippen LogP contribution in [0.5, 0.6) is 5.75 Å². The summed E-state index contributed by atoms with van der Waals surface area (Å²) in [5.41, 5.74) is 0.0253. The summed E-state index contributed by atoms with van der Waals surface area (Å²) in [5.74, 6) is 0.678. The number of phenolic OH excluding ortho intramolecular Hbond substituents is 1. The van der Waals surface area contributed by atoms with Crippen molar-refractivity contribution in [2.75, 3.05) is 16.8 Å². The van der Waals surface area contributed by atoms with Crippen molar-refractivity contribution in [2.45, 2.75) is 18.9 Å². The van der Waals surface area contributed by atoms with Gasteiger partial charge in [0.2, 0.25) is 0 Å². The molecule has 0 bridgehead atoms. The van der Waals surface area contributed by atoms with Crippen molar-refractivity contribution in [3.05, 3.63) is 23.8 Å². The van der Waals surface area contributed by atoms with Crippen LogP contribution in [0.4, 0.5) is 10.5 Å². The highest BCUT2D eigenvalue weighted by molar-refractivity contribution is 7.99. The minimum atomic E-state index is -1.20. The first-order valence-electron chi connectivity index (χ1n) is 6.28. The van der Waals surface area contributed by atoms with Crippen molar-refractivity contribution < 1.29 is 19.8 Å². The van der Waals surface area contributed by atoms with E-state index in [1.165, 1.54) is 12.1 Å². The third-order valence-corrected chi connectivity index (χ3v) is 4.09. The number of amides is 2. The number of carbonyl (C=O) groups excluding carboxylic acids is 1. The number of urea groups is 1. The van der Waals surface area contributed by atoms with Crippen LogP contribution in [0.1, 0.15) is 23.2 Å². The molecule has 0 aliphatic carbocycles. The van der Waals surface area contributed by atoms with Gasteiger partial charge in [0.05, 0.1) is 11.3 Å². The molecule has 6 nitrogen and oxygen atoms in total. The van der Waals surface area contributed by atoms with E-state index in [0.717, 1.165) is 30.4 Å². The number of nitrogens with one attached hydrogen (secondary N) is 2. The summed E-state index contributed by atoms with van der Waals surface area (Å²) in [5, 5.41) is 23.7. The lowest BCUT2D eigenvalue weighted by molar-refractivity contribution is 0.0697. The van der Waals surface area contributed by atoms with Crippen LogP contribution in [0.2, 0.25) is 0 Å². The van der Waals surface area contributed by atoms with Crippen LogP contribution in [0.15, 0.2) is 18.2 Å². The number of hydrogen-bond acceptors (Lipinski definition) is 4. The molecule has 108 valence electrons. The number of aromatic carboxylic acids is 1. The molecule has 1 aromatic rings. The lowest BCUT2D eigenvalue weighted by Gasteiger charge is -2.22. The largest absolute Gasteiger partial charge is 0.508 e. The summed E-state index contributed by atoms with van der Waals surface area (Å²) in [7, 11) is 0. The predicted molar refractivity (Wildman–Crippen MR) is 77.6 cm³/mol. The van der Waals surface area contributed by atoms with Crippen molar-refractivity contribution >= 4 is 29.4 Å². The molecule has 1 aromatic carbocycles. The van der Waals surface area contributed by atoms with Gasteiger partial charge in [0.25, 0.3) is 0 Å². The number of carboxylic acids is 1. The summed E-state index contributed by atoms with van der Waals surface area (Å²) >= 11 is 1.86. The van der Waals surface area contributed by atoms with E-state index in [1.807, 2.05) is 11.8 Å². The Hall–Kier alpha value is -1.89. The number of anilines is 1. The summed E-state index contributed by atoms with van der Waals surface area (Å²) in [6.45, 7) is 0. The maximum Gasteiger partial charge on any atom is 0.337 e. The van der Waals surface area contributed by atoms with Gasteiger partial charge in [-0.05, 0) is 42.5 Å². The Morgan fingerprint density at radius 2 is 1.95 bits per heavy atom. The zero-order valence-electron chi connectivity index (χ0n) is 10.8. The highest BCUT2D eigenvalue weighted by atomic mass is 32.2. The Labute approximate surface area is 120 Å². The van der Waals surface area contributed by atoms with Crippen LogP contribution in [-0.4, -0.2) is 39.8 Å². The second-order valence-electron chi connectivity index (χ2n) is 4.52. The minimum Gasteiger partial charge on any atom is -0.508 e. The van der Waals surface area contributed by atoms with Gasteiger partial charge >= 0.3 is 12.0 Å². The minimum absolute atomic E-state index is 0.127. The second-order valence-corrected chi connectivity index (χ2v) is 5.74. The van der Waals surface area contributed by atoms with Crippen molar-refractivity contribution in [3.8, 4) is 5.75 Å². The van der Waals surface area contributed by atoms with Gasteiger partial charge in [-0.25, -0.2) is 9.59 Å². The van der Waals surface area contributed by atoms with Crippen LogP contribution in [0.3, 0.4) is 0 Å². The van der Waals surface area contributed by atoms with Gasteiger partial charge in [0.1, 0.15) is 5.75 Å². The monoisotopic (exact) mass is 296 g/mol. The highest BCUT2D eigenvalue weighted by Gasteiger charge is 2.18. The molecule has 0 radical (unpaired) electrons. The first-order valence-corrected chi connectivity index (χ1v) is 7.43. The molecule has 0 aromatic heterocycles. The predicted octanol–water partition coefficient (Wildman–Crippen LogP) is 2.11. The summed E-state index contributed by atoms with van der Waals surface area (Å²) < 4.78 is 0. The molecule has 7 heteroatoms. The third-order valence-electron chi connectivity index (χ3n) is 3.04. The summed E-state index contributed by atoms with van der Waals surface area (Å²) in [4.78, 5) is 22.9. The van der Waals surface area contributed by atoms with E-state index in [9.17, 15) is 14.7 Å². The molecule has 20 heavy (non-hydrogen) atoms. The molecule has 0 unspecified atom stereocenters. The van der Waals surface area contributed by atoms with E-state index in [1.54, 1.807) is 0 Å². The van der Waals surface area contributed by atoms with E-state index in [-0.39, 0.29) is 23.0 Å². The molecule has 0 spiro atoms. The molecule has 1 aliphatic rings. The molecular weight excluding hydrogens is 280 g/mol. The topological polar surface area (TPSA) is 98.7 Å². The fraction of sp³-hybridized carbons (Fsp3) is 0.385. The second kappa shape index (κ2) is 6.51.